The molecule has 0 unspecified atom stereocenters. The zero-order chi connectivity index (χ0) is 17.8. The Morgan fingerprint density at radius 2 is 1.92 bits per heavy atom. The second-order valence-corrected chi connectivity index (χ2v) is 5.84. The van der Waals surface area contributed by atoms with Gasteiger partial charge in [0, 0.05) is 6.07 Å². The zero-order valence-electron chi connectivity index (χ0n) is 14.1. The molecule has 0 radical (unpaired) electrons. The van der Waals surface area contributed by atoms with E-state index in [0.717, 1.165) is 11.3 Å². The first-order valence-electron chi connectivity index (χ1n) is 8.02. The summed E-state index contributed by atoms with van der Waals surface area (Å²) in [5.74, 6) is 1.09. The van der Waals surface area contributed by atoms with Crippen molar-refractivity contribution in [2.24, 2.45) is 0 Å². The van der Waals surface area contributed by atoms with Crippen molar-refractivity contribution in [3.63, 3.8) is 0 Å². The molecule has 0 bridgehead atoms. The first kappa shape index (κ1) is 16.7. The van der Waals surface area contributed by atoms with Gasteiger partial charge in [-0.05, 0) is 37.6 Å². The van der Waals surface area contributed by atoms with E-state index in [2.05, 4.69) is 10.4 Å². The van der Waals surface area contributed by atoms with Crippen molar-refractivity contribution in [3.05, 3.63) is 87.7 Å². The van der Waals surface area contributed by atoms with Crippen LogP contribution in [0.1, 0.15) is 40.5 Å². The maximum Gasteiger partial charge on any atom is 0.272 e. The number of hydrogen-bond acceptors (Lipinski definition) is 4. The van der Waals surface area contributed by atoms with Crippen LogP contribution in [0.2, 0.25) is 0 Å². The van der Waals surface area contributed by atoms with Crippen LogP contribution in [0.5, 0.6) is 0 Å². The highest BCUT2D eigenvalue weighted by Gasteiger charge is 2.16. The Hall–Kier alpha value is -3.15. The third kappa shape index (κ3) is 4.03. The Morgan fingerprint density at radius 1 is 1.16 bits per heavy atom. The third-order valence-corrected chi connectivity index (χ3v) is 3.81. The lowest BCUT2D eigenvalue weighted by Gasteiger charge is -2.12. The molecule has 0 aliphatic heterocycles. The van der Waals surface area contributed by atoms with Crippen molar-refractivity contribution in [1.29, 1.82) is 0 Å². The topological polar surface area (TPSA) is 77.1 Å². The number of aryl methyl sites for hydroxylation is 1. The predicted octanol–water partition coefficient (Wildman–Crippen LogP) is 2.68. The lowest BCUT2D eigenvalue weighted by molar-refractivity contribution is 0.0927. The van der Waals surface area contributed by atoms with Gasteiger partial charge < -0.3 is 9.73 Å². The fourth-order valence-electron chi connectivity index (χ4n) is 2.47. The van der Waals surface area contributed by atoms with Gasteiger partial charge in [-0.2, -0.15) is 5.10 Å². The van der Waals surface area contributed by atoms with Gasteiger partial charge in [0.15, 0.2) is 0 Å². The summed E-state index contributed by atoms with van der Waals surface area (Å²) in [7, 11) is 0. The molecule has 0 saturated carbocycles. The van der Waals surface area contributed by atoms with E-state index in [0.29, 0.717) is 12.3 Å². The van der Waals surface area contributed by atoms with Gasteiger partial charge in [0.2, 0.25) is 0 Å². The van der Waals surface area contributed by atoms with Crippen molar-refractivity contribution in [2.45, 2.75) is 26.4 Å². The van der Waals surface area contributed by atoms with Crippen LogP contribution in [0.4, 0.5) is 0 Å². The first-order chi connectivity index (χ1) is 12.0. The van der Waals surface area contributed by atoms with Crippen molar-refractivity contribution < 1.29 is 9.21 Å². The normalized spacial score (nSPS) is 11.9. The highest BCUT2D eigenvalue weighted by Crippen LogP contribution is 2.15. The van der Waals surface area contributed by atoms with Crippen molar-refractivity contribution in [3.8, 4) is 0 Å². The second kappa shape index (κ2) is 7.17. The van der Waals surface area contributed by atoms with Gasteiger partial charge in [-0.1, -0.05) is 30.3 Å². The molecule has 1 amide bonds. The molecule has 0 spiro atoms. The van der Waals surface area contributed by atoms with E-state index < -0.39 is 0 Å². The monoisotopic (exact) mass is 337 g/mol. The minimum absolute atomic E-state index is 0.186. The highest BCUT2D eigenvalue weighted by molar-refractivity contribution is 5.92. The van der Waals surface area contributed by atoms with Gasteiger partial charge in [0.1, 0.15) is 17.2 Å². The lowest BCUT2D eigenvalue weighted by atomic mass is 10.2. The van der Waals surface area contributed by atoms with E-state index >= 15 is 0 Å². The van der Waals surface area contributed by atoms with Crippen LogP contribution < -0.4 is 10.9 Å². The molecule has 0 aliphatic rings. The molecule has 0 aliphatic carbocycles. The van der Waals surface area contributed by atoms with E-state index in [1.807, 2.05) is 56.3 Å². The SMILES string of the molecule is Cc1ccc([C@@H](C)NC(=O)c2ccc(=O)n(Cc3ccccc3)n2)o1. The summed E-state index contributed by atoms with van der Waals surface area (Å²) in [6, 6.07) is 15.7. The molecule has 3 aromatic rings. The molecule has 1 aromatic carbocycles. The number of carbonyl (C=O) groups is 1. The molecule has 2 aromatic heterocycles. The van der Waals surface area contributed by atoms with Crippen molar-refractivity contribution in [1.82, 2.24) is 15.1 Å². The minimum atomic E-state index is -0.358. The number of nitrogens with one attached hydrogen (secondary N) is 1. The Labute approximate surface area is 145 Å². The molecular formula is C19H19N3O3. The molecule has 128 valence electrons. The van der Waals surface area contributed by atoms with Gasteiger partial charge in [-0.25, -0.2) is 4.68 Å². The molecule has 0 fully saturated rings. The summed E-state index contributed by atoms with van der Waals surface area (Å²) in [5, 5.41) is 7.01. The zero-order valence-corrected chi connectivity index (χ0v) is 14.1. The Balaban J connectivity index is 1.77. The molecule has 3 rings (SSSR count). The van der Waals surface area contributed by atoms with Crippen LogP contribution in [-0.2, 0) is 6.54 Å². The molecule has 6 heteroatoms. The smallest absolute Gasteiger partial charge is 0.272 e. The molecule has 1 atom stereocenters. The van der Waals surface area contributed by atoms with Crippen molar-refractivity contribution >= 4 is 5.91 Å². The average Bonchev–Trinajstić information content (AvgIpc) is 3.04. The van der Waals surface area contributed by atoms with Crippen LogP contribution in [0.3, 0.4) is 0 Å². The lowest BCUT2D eigenvalue weighted by Crippen LogP contribution is -2.31. The number of rotatable bonds is 5. The summed E-state index contributed by atoms with van der Waals surface area (Å²) in [6.07, 6.45) is 0. The minimum Gasteiger partial charge on any atom is -0.464 e. The highest BCUT2D eigenvalue weighted by atomic mass is 16.3. The number of nitrogens with zero attached hydrogens (tertiary/aromatic N) is 2. The van der Waals surface area contributed by atoms with E-state index in [1.165, 1.54) is 16.8 Å². The summed E-state index contributed by atoms with van der Waals surface area (Å²) < 4.78 is 6.80. The van der Waals surface area contributed by atoms with E-state index in [4.69, 9.17) is 4.42 Å². The van der Waals surface area contributed by atoms with E-state index in [1.54, 1.807) is 0 Å². The predicted molar refractivity (Wildman–Crippen MR) is 93.4 cm³/mol. The second-order valence-electron chi connectivity index (χ2n) is 5.84. The Morgan fingerprint density at radius 3 is 2.60 bits per heavy atom. The molecular weight excluding hydrogens is 318 g/mol. The molecule has 6 nitrogen and oxygen atoms in total. The third-order valence-electron chi connectivity index (χ3n) is 3.81. The standard InChI is InChI=1S/C19H19N3O3/c1-13-8-10-17(25-13)14(2)20-19(24)16-9-11-18(23)22(21-16)12-15-6-4-3-5-7-15/h3-11,14H,12H2,1-2H3,(H,20,24)/t14-/m1/s1. The van der Waals surface area contributed by atoms with Gasteiger partial charge in [-0.15, -0.1) is 0 Å². The fraction of sp³-hybridized carbons (Fsp3) is 0.211. The van der Waals surface area contributed by atoms with Crippen LogP contribution in [0.15, 0.2) is 63.8 Å². The number of carbonyl (C=O) groups excluding carboxylic acids is 1. The molecule has 25 heavy (non-hydrogen) atoms. The maximum absolute atomic E-state index is 12.4. The fourth-order valence-corrected chi connectivity index (χ4v) is 2.47. The number of furan rings is 1. The first-order valence-corrected chi connectivity index (χ1v) is 8.02. The van der Waals surface area contributed by atoms with Crippen molar-refractivity contribution in [2.75, 3.05) is 0 Å². The summed E-state index contributed by atoms with van der Waals surface area (Å²) >= 11 is 0. The number of benzene rings is 1. The Kier molecular flexibility index (Phi) is 4.79. The Bertz CT molecular complexity index is 928. The number of aromatic nitrogens is 2. The van der Waals surface area contributed by atoms with Gasteiger partial charge in [0.05, 0.1) is 12.6 Å². The van der Waals surface area contributed by atoms with Crippen LogP contribution in [0, 0.1) is 6.92 Å². The molecule has 1 N–H and O–H groups in total. The largest absolute Gasteiger partial charge is 0.464 e. The van der Waals surface area contributed by atoms with Crippen LogP contribution in [0.25, 0.3) is 0 Å². The average molecular weight is 337 g/mol. The quantitative estimate of drug-likeness (QED) is 0.776. The summed E-state index contributed by atoms with van der Waals surface area (Å²) in [6.45, 7) is 3.99. The number of amides is 1. The maximum atomic E-state index is 12.4. The molecule has 0 saturated heterocycles. The molecule has 2 heterocycles. The van der Waals surface area contributed by atoms with Gasteiger partial charge in [-0.3, -0.25) is 9.59 Å². The summed E-state index contributed by atoms with van der Waals surface area (Å²) in [4.78, 5) is 24.4. The van der Waals surface area contributed by atoms with Gasteiger partial charge in [0.25, 0.3) is 11.5 Å². The van der Waals surface area contributed by atoms with E-state index in [-0.39, 0.29) is 23.2 Å². The number of hydrogen-bond donors (Lipinski definition) is 1. The van der Waals surface area contributed by atoms with E-state index in [9.17, 15) is 9.59 Å². The summed E-state index contributed by atoms with van der Waals surface area (Å²) in [5.41, 5.74) is 0.870. The van der Waals surface area contributed by atoms with Crippen LogP contribution >= 0.6 is 0 Å². The van der Waals surface area contributed by atoms with Crippen LogP contribution in [-0.4, -0.2) is 15.7 Å². The van der Waals surface area contributed by atoms with Gasteiger partial charge >= 0.3 is 0 Å².